The first kappa shape index (κ1) is 36.4. The zero-order valence-electron chi connectivity index (χ0n) is 35.3. The molecule has 0 saturated heterocycles. The summed E-state index contributed by atoms with van der Waals surface area (Å²) in [5.74, 6) is 0. The summed E-state index contributed by atoms with van der Waals surface area (Å²) in [7, 11) is 0. The molecule has 2 aliphatic carbocycles. The van der Waals surface area contributed by atoms with Crippen LogP contribution < -0.4 is 10.4 Å². The van der Waals surface area contributed by atoms with Crippen LogP contribution in [-0.2, 0) is 5.41 Å². The van der Waals surface area contributed by atoms with Gasteiger partial charge in [0.15, 0.2) is 0 Å². The van der Waals surface area contributed by atoms with E-state index in [0.717, 1.165) is 35.1 Å². The summed E-state index contributed by atoms with van der Waals surface area (Å²) in [6.45, 7) is 13.6. The van der Waals surface area contributed by atoms with E-state index in [2.05, 4.69) is 179 Å². The van der Waals surface area contributed by atoms with Gasteiger partial charge in [-0.05, 0) is 149 Å². The summed E-state index contributed by atoms with van der Waals surface area (Å²) in [5.41, 5.74) is 16.7. The van der Waals surface area contributed by atoms with E-state index in [-0.39, 0.29) is 5.41 Å². The molecule has 0 N–H and O–H groups in total. The number of para-hydroxylation sites is 1. The number of furan rings is 1. The van der Waals surface area contributed by atoms with Crippen molar-refractivity contribution in [3.05, 3.63) is 191 Å². The van der Waals surface area contributed by atoms with Crippen LogP contribution in [-0.4, -0.2) is 0 Å². The molecule has 0 unspecified atom stereocenters. The molecule has 298 valence electrons. The minimum absolute atomic E-state index is 0.164. The summed E-state index contributed by atoms with van der Waals surface area (Å²) < 4.78 is 8.95. The third-order valence-corrected chi connectivity index (χ3v) is 15.4. The van der Waals surface area contributed by atoms with Crippen molar-refractivity contribution in [2.75, 3.05) is 0 Å². The van der Waals surface area contributed by atoms with E-state index in [1.165, 1.54) is 119 Å². The monoisotopic (exact) mass is 822 g/mol. The highest BCUT2D eigenvalue weighted by molar-refractivity contribution is 7.26. The normalized spacial score (nSPS) is 13.9. The molecule has 0 aliphatic heterocycles. The van der Waals surface area contributed by atoms with Crippen molar-refractivity contribution in [2.45, 2.75) is 32.1 Å². The van der Waals surface area contributed by atoms with Gasteiger partial charge in [0.1, 0.15) is 11.2 Å². The molecule has 0 saturated carbocycles. The largest absolute Gasteiger partial charge is 0.456 e. The number of benzene rings is 9. The second kappa shape index (κ2) is 13.4. The number of thiophene rings is 1. The Balaban J connectivity index is 0.943. The van der Waals surface area contributed by atoms with Gasteiger partial charge < -0.3 is 4.42 Å². The maximum atomic E-state index is 6.33. The predicted molar refractivity (Wildman–Crippen MR) is 273 cm³/mol. The van der Waals surface area contributed by atoms with E-state index in [4.69, 9.17) is 4.42 Å². The SMILES string of the molecule is C=Cc1c(C=C)c(-c2ccc3ccccc3c2)c2c(c1-c1ccc3c(c1)-c1ccc(-c4ccc5sc6c(ccc7ccc8oc9ccccc9c8c76)c5c4)cc1C3(C)C)=CCCC=2. The maximum absolute atomic E-state index is 6.33. The topological polar surface area (TPSA) is 13.1 Å². The van der Waals surface area contributed by atoms with Gasteiger partial charge in [-0.3, -0.25) is 0 Å². The van der Waals surface area contributed by atoms with Gasteiger partial charge >= 0.3 is 0 Å². The molecule has 1 nitrogen and oxygen atoms in total. The van der Waals surface area contributed by atoms with Crippen LogP contribution >= 0.6 is 11.3 Å². The number of hydrogen-bond donors (Lipinski definition) is 0. The molecule has 0 bridgehead atoms. The molecule has 0 radical (unpaired) electrons. The predicted octanol–water partition coefficient (Wildman–Crippen LogP) is 16.2. The maximum Gasteiger partial charge on any atom is 0.136 e. The van der Waals surface area contributed by atoms with Crippen LogP contribution in [0.25, 0.3) is 132 Å². The van der Waals surface area contributed by atoms with Gasteiger partial charge in [-0.1, -0.05) is 154 Å². The zero-order chi connectivity index (χ0) is 42.1. The van der Waals surface area contributed by atoms with E-state index < -0.39 is 0 Å². The summed E-state index contributed by atoms with van der Waals surface area (Å²) in [6.07, 6.45) is 11.0. The van der Waals surface area contributed by atoms with Crippen molar-refractivity contribution in [1.29, 1.82) is 0 Å². The minimum atomic E-state index is -0.164. The lowest BCUT2D eigenvalue weighted by atomic mass is 9.80. The van der Waals surface area contributed by atoms with E-state index >= 15 is 0 Å². The van der Waals surface area contributed by atoms with Crippen LogP contribution in [0.15, 0.2) is 163 Å². The van der Waals surface area contributed by atoms with Gasteiger partial charge in [-0.15, -0.1) is 11.3 Å². The lowest BCUT2D eigenvalue weighted by molar-refractivity contribution is 0.660. The van der Waals surface area contributed by atoms with Gasteiger partial charge in [0.05, 0.1) is 0 Å². The molecule has 9 aromatic carbocycles. The number of fused-ring (bicyclic) bond motifs is 14. The molecule has 11 aromatic rings. The summed E-state index contributed by atoms with van der Waals surface area (Å²) in [6, 6.07) is 54.2. The van der Waals surface area contributed by atoms with Crippen molar-refractivity contribution in [2.24, 2.45) is 0 Å². The first-order valence-electron chi connectivity index (χ1n) is 22.0. The van der Waals surface area contributed by atoms with Gasteiger partial charge in [-0.2, -0.15) is 0 Å². The molecule has 0 amide bonds. The van der Waals surface area contributed by atoms with Crippen LogP contribution in [0.1, 0.15) is 48.9 Å². The van der Waals surface area contributed by atoms with Crippen LogP contribution in [0.2, 0.25) is 0 Å². The van der Waals surface area contributed by atoms with Crippen molar-refractivity contribution in [3.8, 4) is 44.5 Å². The Labute approximate surface area is 369 Å². The van der Waals surface area contributed by atoms with Gasteiger partial charge in [0, 0.05) is 41.7 Å². The summed E-state index contributed by atoms with van der Waals surface area (Å²) in [5, 5.41) is 12.6. The van der Waals surface area contributed by atoms with E-state index in [9.17, 15) is 0 Å². The molecular formula is C61H42OS. The van der Waals surface area contributed by atoms with Gasteiger partial charge in [0.2, 0.25) is 0 Å². The van der Waals surface area contributed by atoms with Crippen LogP contribution in [0.5, 0.6) is 0 Å². The molecule has 0 fully saturated rings. The van der Waals surface area contributed by atoms with E-state index in [1.807, 2.05) is 29.6 Å². The molecule has 2 heterocycles. The molecule has 0 spiro atoms. The van der Waals surface area contributed by atoms with Crippen molar-refractivity contribution in [3.63, 3.8) is 0 Å². The average molecular weight is 823 g/mol. The Morgan fingerprint density at radius 3 is 1.98 bits per heavy atom. The molecule has 2 aromatic heterocycles. The van der Waals surface area contributed by atoms with Crippen LogP contribution in [0.4, 0.5) is 0 Å². The van der Waals surface area contributed by atoms with Crippen molar-refractivity contribution < 1.29 is 4.42 Å². The molecular weight excluding hydrogens is 781 g/mol. The summed E-state index contributed by atoms with van der Waals surface area (Å²) >= 11 is 1.89. The Bertz CT molecular complexity index is 3980. The molecule has 13 rings (SSSR count). The van der Waals surface area contributed by atoms with Gasteiger partial charge in [-0.25, -0.2) is 0 Å². The van der Waals surface area contributed by atoms with Crippen molar-refractivity contribution >= 4 is 99.3 Å². The Kier molecular flexibility index (Phi) is 7.72. The lowest BCUT2D eigenvalue weighted by Crippen LogP contribution is -2.33. The summed E-state index contributed by atoms with van der Waals surface area (Å²) in [4.78, 5) is 0. The smallest absolute Gasteiger partial charge is 0.136 e. The highest BCUT2D eigenvalue weighted by Crippen LogP contribution is 2.51. The highest BCUT2D eigenvalue weighted by Gasteiger charge is 2.36. The Morgan fingerprint density at radius 2 is 1.17 bits per heavy atom. The van der Waals surface area contributed by atoms with E-state index in [0.29, 0.717) is 0 Å². The average Bonchev–Trinajstić information content (AvgIpc) is 3.97. The molecule has 63 heavy (non-hydrogen) atoms. The second-order valence-electron chi connectivity index (χ2n) is 17.9. The fourth-order valence-corrected chi connectivity index (χ4v) is 12.5. The molecule has 2 heteroatoms. The van der Waals surface area contributed by atoms with E-state index in [1.54, 1.807) is 0 Å². The molecule has 0 atom stereocenters. The minimum Gasteiger partial charge on any atom is -0.456 e. The third-order valence-electron chi connectivity index (χ3n) is 14.2. The Hall–Kier alpha value is -7.26. The van der Waals surface area contributed by atoms with Crippen molar-refractivity contribution in [1.82, 2.24) is 0 Å². The quantitative estimate of drug-likeness (QED) is 0.169. The third kappa shape index (κ3) is 5.16. The first-order chi connectivity index (χ1) is 30.9. The standard InChI is InChI=1S/C61H42OS/c1-5-42-43(6-2)57(46-16-10-9-15-45(46)56(42)40-20-19-35-13-7-8-14-37(35)31-40)41-23-28-51-49(33-41)44-26-22-39(34-52(44)61(51,3)4)38-25-30-55-50(32-38)47-27-21-36-24-29-54-59(58(36)60(47)63-55)48-17-11-12-18-53(48)62-54/h5-8,11-34H,1-2,9-10H2,3-4H3. The number of rotatable bonds is 5. The second-order valence-corrected chi connectivity index (χ2v) is 18.9. The fraction of sp³-hybridized carbons (Fsp3) is 0.0820. The number of hydrogen-bond acceptors (Lipinski definition) is 2. The van der Waals surface area contributed by atoms with Crippen LogP contribution in [0, 0.1) is 0 Å². The first-order valence-corrected chi connectivity index (χ1v) is 22.8. The fourth-order valence-electron chi connectivity index (χ4n) is 11.2. The van der Waals surface area contributed by atoms with Gasteiger partial charge in [0.25, 0.3) is 0 Å². The zero-order valence-corrected chi connectivity index (χ0v) is 36.1. The highest BCUT2D eigenvalue weighted by atomic mass is 32.1. The Morgan fingerprint density at radius 1 is 0.508 bits per heavy atom. The molecule has 2 aliphatic rings. The lowest BCUT2D eigenvalue weighted by Gasteiger charge is -2.23. The van der Waals surface area contributed by atoms with Crippen LogP contribution in [0.3, 0.4) is 0 Å².